The average molecular weight is 334 g/mol. The van der Waals surface area contributed by atoms with Gasteiger partial charge in [0.15, 0.2) is 0 Å². The Labute approximate surface area is 145 Å². The number of hydrogen-bond acceptors (Lipinski definition) is 3. The minimum absolute atomic E-state index is 0.0241. The first kappa shape index (κ1) is 20.0. The van der Waals surface area contributed by atoms with E-state index in [0.717, 1.165) is 24.2 Å². The molecule has 1 rings (SSSR count). The van der Waals surface area contributed by atoms with Crippen molar-refractivity contribution in [2.75, 3.05) is 13.7 Å². The molecule has 1 N–H and O–H groups in total. The quantitative estimate of drug-likeness (QED) is 0.706. The standard InChI is InChI=1S/C19H30N2O3/c1-6-7-12-20-18(22)15(4)21(19(23)14(2)3)13-16-8-10-17(24-5)11-9-16/h8-11,14-15H,6-7,12-13H2,1-5H3,(H,20,22). The van der Waals surface area contributed by atoms with E-state index < -0.39 is 6.04 Å². The van der Waals surface area contributed by atoms with Crippen molar-refractivity contribution in [2.45, 2.75) is 53.1 Å². The Balaban J connectivity index is 2.86. The highest BCUT2D eigenvalue weighted by molar-refractivity contribution is 5.88. The van der Waals surface area contributed by atoms with Crippen molar-refractivity contribution in [1.82, 2.24) is 10.2 Å². The minimum Gasteiger partial charge on any atom is -0.497 e. The first-order valence-corrected chi connectivity index (χ1v) is 8.61. The Morgan fingerprint density at radius 1 is 1.17 bits per heavy atom. The van der Waals surface area contributed by atoms with E-state index in [1.165, 1.54) is 0 Å². The second kappa shape index (κ2) is 9.96. The highest BCUT2D eigenvalue weighted by atomic mass is 16.5. The molecule has 0 aromatic heterocycles. The molecule has 0 aliphatic rings. The van der Waals surface area contributed by atoms with Gasteiger partial charge in [0, 0.05) is 19.0 Å². The Hall–Kier alpha value is -2.04. The van der Waals surface area contributed by atoms with Crippen LogP contribution >= 0.6 is 0 Å². The van der Waals surface area contributed by atoms with Crippen LogP contribution in [0.15, 0.2) is 24.3 Å². The molecule has 0 saturated carbocycles. The summed E-state index contributed by atoms with van der Waals surface area (Å²) in [6.45, 7) is 8.62. The third-order valence-corrected chi connectivity index (χ3v) is 3.97. The Morgan fingerprint density at radius 2 is 1.79 bits per heavy atom. The molecule has 24 heavy (non-hydrogen) atoms. The summed E-state index contributed by atoms with van der Waals surface area (Å²) in [4.78, 5) is 26.6. The molecule has 134 valence electrons. The molecule has 1 aromatic carbocycles. The zero-order valence-corrected chi connectivity index (χ0v) is 15.5. The zero-order chi connectivity index (χ0) is 18.1. The lowest BCUT2D eigenvalue weighted by molar-refractivity contribution is -0.143. The largest absolute Gasteiger partial charge is 0.497 e. The van der Waals surface area contributed by atoms with Crippen molar-refractivity contribution in [2.24, 2.45) is 5.92 Å². The summed E-state index contributed by atoms with van der Waals surface area (Å²) in [5.74, 6) is 0.481. The van der Waals surface area contributed by atoms with E-state index >= 15 is 0 Å². The van der Waals surface area contributed by atoms with E-state index in [1.54, 1.807) is 18.9 Å². The number of rotatable bonds is 9. The molecule has 1 atom stereocenters. The molecule has 0 heterocycles. The van der Waals surface area contributed by atoms with Gasteiger partial charge in [-0.15, -0.1) is 0 Å². The maximum absolute atomic E-state index is 12.6. The van der Waals surface area contributed by atoms with Crippen LogP contribution in [0.5, 0.6) is 5.75 Å². The number of hydrogen-bond donors (Lipinski definition) is 1. The third kappa shape index (κ3) is 5.87. The van der Waals surface area contributed by atoms with Gasteiger partial charge in [0.25, 0.3) is 0 Å². The Kier molecular flexibility index (Phi) is 8.30. The van der Waals surface area contributed by atoms with Crippen molar-refractivity contribution in [3.8, 4) is 5.75 Å². The fraction of sp³-hybridized carbons (Fsp3) is 0.579. The maximum Gasteiger partial charge on any atom is 0.242 e. The lowest BCUT2D eigenvalue weighted by Gasteiger charge is -2.30. The Morgan fingerprint density at radius 3 is 2.29 bits per heavy atom. The van der Waals surface area contributed by atoms with Crippen molar-refractivity contribution in [3.05, 3.63) is 29.8 Å². The number of methoxy groups -OCH3 is 1. The zero-order valence-electron chi connectivity index (χ0n) is 15.5. The molecule has 2 amide bonds. The highest BCUT2D eigenvalue weighted by Gasteiger charge is 2.27. The highest BCUT2D eigenvalue weighted by Crippen LogP contribution is 2.16. The second-order valence-electron chi connectivity index (χ2n) is 6.29. The van der Waals surface area contributed by atoms with Gasteiger partial charge in [-0.25, -0.2) is 0 Å². The van der Waals surface area contributed by atoms with Crippen LogP contribution in [-0.4, -0.2) is 36.4 Å². The fourth-order valence-electron chi connectivity index (χ4n) is 2.34. The summed E-state index contributed by atoms with van der Waals surface area (Å²) in [5.41, 5.74) is 0.970. The number of benzene rings is 1. The summed E-state index contributed by atoms with van der Waals surface area (Å²) in [6, 6.07) is 7.06. The van der Waals surface area contributed by atoms with Gasteiger partial charge in [0.2, 0.25) is 11.8 Å². The van der Waals surface area contributed by atoms with Crippen LogP contribution in [0.2, 0.25) is 0 Å². The first-order chi connectivity index (χ1) is 11.4. The van der Waals surface area contributed by atoms with Crippen LogP contribution in [0.1, 0.15) is 46.1 Å². The molecule has 0 spiro atoms. The SMILES string of the molecule is CCCCNC(=O)C(C)N(Cc1ccc(OC)cc1)C(=O)C(C)C. The van der Waals surface area contributed by atoms with Crippen LogP contribution in [0.3, 0.4) is 0 Å². The van der Waals surface area contributed by atoms with Crippen molar-refractivity contribution in [1.29, 1.82) is 0 Å². The average Bonchev–Trinajstić information content (AvgIpc) is 2.59. The molecule has 0 aliphatic heterocycles. The van der Waals surface area contributed by atoms with Crippen molar-refractivity contribution < 1.29 is 14.3 Å². The molecule has 1 aromatic rings. The number of nitrogens with zero attached hydrogens (tertiary/aromatic N) is 1. The summed E-state index contributed by atoms with van der Waals surface area (Å²) < 4.78 is 5.16. The molecule has 1 unspecified atom stereocenters. The summed E-state index contributed by atoms with van der Waals surface area (Å²) in [6.07, 6.45) is 1.96. The molecule has 0 saturated heterocycles. The van der Waals surface area contributed by atoms with Crippen molar-refractivity contribution in [3.63, 3.8) is 0 Å². The van der Waals surface area contributed by atoms with Gasteiger partial charge in [0.05, 0.1) is 7.11 Å². The van der Waals surface area contributed by atoms with Gasteiger partial charge in [-0.05, 0) is 31.0 Å². The topological polar surface area (TPSA) is 58.6 Å². The summed E-state index contributed by atoms with van der Waals surface area (Å²) in [5, 5.41) is 2.91. The van der Waals surface area contributed by atoms with Gasteiger partial charge in [0.1, 0.15) is 11.8 Å². The van der Waals surface area contributed by atoms with Gasteiger partial charge < -0.3 is 15.0 Å². The van der Waals surface area contributed by atoms with E-state index in [4.69, 9.17) is 4.74 Å². The molecule has 0 bridgehead atoms. The summed E-state index contributed by atoms with van der Waals surface area (Å²) in [7, 11) is 1.62. The second-order valence-corrected chi connectivity index (χ2v) is 6.29. The normalized spacial score (nSPS) is 11.9. The van der Waals surface area contributed by atoms with E-state index in [2.05, 4.69) is 12.2 Å². The van der Waals surface area contributed by atoms with Crippen LogP contribution in [-0.2, 0) is 16.1 Å². The van der Waals surface area contributed by atoms with Crippen LogP contribution in [0, 0.1) is 5.92 Å². The number of ether oxygens (including phenoxy) is 1. The van der Waals surface area contributed by atoms with Gasteiger partial charge in [-0.3, -0.25) is 9.59 Å². The lowest BCUT2D eigenvalue weighted by Crippen LogP contribution is -2.49. The Bertz CT molecular complexity index is 526. The molecular formula is C19H30N2O3. The first-order valence-electron chi connectivity index (χ1n) is 8.61. The summed E-state index contributed by atoms with van der Waals surface area (Å²) >= 11 is 0. The number of amides is 2. The van der Waals surface area contributed by atoms with Crippen molar-refractivity contribution >= 4 is 11.8 Å². The fourth-order valence-corrected chi connectivity index (χ4v) is 2.34. The van der Waals surface area contributed by atoms with Crippen LogP contribution in [0.4, 0.5) is 0 Å². The number of carbonyl (C=O) groups is 2. The predicted octanol–water partition coefficient (Wildman–Crippen LogP) is 2.98. The van der Waals surface area contributed by atoms with E-state index in [-0.39, 0.29) is 17.7 Å². The molecule has 0 fully saturated rings. The van der Waals surface area contributed by atoms with Crippen LogP contribution in [0.25, 0.3) is 0 Å². The smallest absolute Gasteiger partial charge is 0.242 e. The molecule has 0 radical (unpaired) electrons. The van der Waals surface area contributed by atoms with Gasteiger partial charge >= 0.3 is 0 Å². The molecule has 5 heteroatoms. The maximum atomic E-state index is 12.6. The lowest BCUT2D eigenvalue weighted by atomic mass is 10.1. The van der Waals surface area contributed by atoms with Gasteiger partial charge in [-0.2, -0.15) is 0 Å². The predicted molar refractivity (Wildman–Crippen MR) is 95.8 cm³/mol. The molecular weight excluding hydrogens is 304 g/mol. The van der Waals surface area contributed by atoms with Crippen LogP contribution < -0.4 is 10.1 Å². The van der Waals surface area contributed by atoms with E-state index in [1.807, 2.05) is 38.1 Å². The number of unbranched alkanes of at least 4 members (excludes halogenated alkanes) is 1. The monoisotopic (exact) mass is 334 g/mol. The van der Waals surface area contributed by atoms with E-state index in [0.29, 0.717) is 13.1 Å². The van der Waals surface area contributed by atoms with Gasteiger partial charge in [-0.1, -0.05) is 39.3 Å². The number of nitrogens with one attached hydrogen (secondary N) is 1. The minimum atomic E-state index is -0.501. The molecule has 5 nitrogen and oxygen atoms in total. The molecule has 0 aliphatic carbocycles. The van der Waals surface area contributed by atoms with E-state index in [9.17, 15) is 9.59 Å². The third-order valence-electron chi connectivity index (χ3n) is 3.97. The number of carbonyl (C=O) groups excluding carboxylic acids is 2.